The molecule has 6 heteroatoms. The van der Waals surface area contributed by atoms with Crippen LogP contribution in [0.2, 0.25) is 0 Å². The van der Waals surface area contributed by atoms with E-state index < -0.39 is 12.1 Å². The van der Waals surface area contributed by atoms with Crippen molar-refractivity contribution in [3.8, 4) is 0 Å². The molecule has 0 aromatic carbocycles. The molecule has 2 aliphatic carbocycles. The molecular weight excluding hydrogens is 336 g/mol. The Morgan fingerprint density at radius 3 is 2.77 bits per heavy atom. The molecule has 3 N–H and O–H groups in total. The number of unbranched alkanes of at least 4 members (excludes halogenated alkanes) is 1. The lowest BCUT2D eigenvalue weighted by molar-refractivity contribution is -0.142. The number of aliphatic hydroxyl groups is 2. The molecule has 0 amide bonds. The third-order valence-corrected chi connectivity index (χ3v) is 5.88. The van der Waals surface area contributed by atoms with Gasteiger partial charge < -0.3 is 24.8 Å². The van der Waals surface area contributed by atoms with Crippen molar-refractivity contribution in [2.75, 3.05) is 26.9 Å². The first kappa shape index (κ1) is 21.4. The van der Waals surface area contributed by atoms with Crippen LogP contribution in [-0.4, -0.2) is 60.4 Å². The van der Waals surface area contributed by atoms with Gasteiger partial charge in [-0.3, -0.25) is 0 Å². The van der Waals surface area contributed by atoms with E-state index in [2.05, 4.69) is 0 Å². The highest BCUT2D eigenvalue weighted by molar-refractivity contribution is 5.67. The predicted octanol–water partition coefficient (Wildman–Crippen LogP) is 2.23. The fourth-order valence-electron chi connectivity index (χ4n) is 4.64. The second-order valence-corrected chi connectivity index (χ2v) is 7.82. The maximum Gasteiger partial charge on any atom is 0.329 e. The Balaban J connectivity index is 1.74. The van der Waals surface area contributed by atoms with Crippen molar-refractivity contribution in [1.29, 1.82) is 0 Å². The third kappa shape index (κ3) is 6.65. The SMILES string of the molecule is COCCCCC(O)C=C[C@H]1[C@@H]2CC(CCOCC(=O)O)C[C@H]2C[C@@H]1O. The number of aliphatic carboxylic acids is 1. The summed E-state index contributed by atoms with van der Waals surface area (Å²) in [6, 6.07) is 0. The van der Waals surface area contributed by atoms with E-state index in [9.17, 15) is 15.0 Å². The lowest BCUT2D eigenvalue weighted by atomic mass is 9.89. The Kier molecular flexibility index (Phi) is 9.05. The van der Waals surface area contributed by atoms with E-state index in [4.69, 9.17) is 14.6 Å². The summed E-state index contributed by atoms with van der Waals surface area (Å²) < 4.78 is 10.2. The minimum absolute atomic E-state index is 0.124. The van der Waals surface area contributed by atoms with E-state index in [-0.39, 0.29) is 18.6 Å². The highest BCUT2D eigenvalue weighted by Gasteiger charge is 2.46. The zero-order valence-corrected chi connectivity index (χ0v) is 15.8. The maximum atomic E-state index is 10.5. The molecule has 2 saturated carbocycles. The van der Waals surface area contributed by atoms with Gasteiger partial charge in [-0.25, -0.2) is 4.79 Å². The molecule has 0 heterocycles. The molecule has 2 rings (SSSR count). The molecule has 26 heavy (non-hydrogen) atoms. The van der Waals surface area contributed by atoms with Gasteiger partial charge in [-0.1, -0.05) is 12.2 Å². The van der Waals surface area contributed by atoms with Crippen molar-refractivity contribution in [2.24, 2.45) is 23.7 Å². The van der Waals surface area contributed by atoms with Gasteiger partial charge >= 0.3 is 5.97 Å². The van der Waals surface area contributed by atoms with E-state index in [0.29, 0.717) is 24.4 Å². The Hall–Kier alpha value is -0.950. The summed E-state index contributed by atoms with van der Waals surface area (Å²) in [6.07, 6.45) is 9.56. The first-order chi connectivity index (χ1) is 12.5. The molecule has 6 atom stereocenters. The van der Waals surface area contributed by atoms with Crippen LogP contribution in [0.25, 0.3) is 0 Å². The number of aliphatic hydroxyl groups excluding tert-OH is 2. The highest BCUT2D eigenvalue weighted by atomic mass is 16.5. The fraction of sp³-hybridized carbons (Fsp3) is 0.850. The lowest BCUT2D eigenvalue weighted by Gasteiger charge is -2.19. The van der Waals surface area contributed by atoms with Crippen LogP contribution in [-0.2, 0) is 14.3 Å². The Morgan fingerprint density at radius 2 is 2.04 bits per heavy atom. The largest absolute Gasteiger partial charge is 0.480 e. The van der Waals surface area contributed by atoms with Crippen LogP contribution in [0.3, 0.4) is 0 Å². The molecule has 0 aliphatic heterocycles. The zero-order chi connectivity index (χ0) is 18.9. The van der Waals surface area contributed by atoms with Crippen LogP contribution in [0, 0.1) is 23.7 Å². The van der Waals surface area contributed by atoms with Gasteiger partial charge in [0.1, 0.15) is 6.61 Å². The molecule has 150 valence electrons. The summed E-state index contributed by atoms with van der Waals surface area (Å²) >= 11 is 0. The Bertz CT molecular complexity index is 452. The van der Waals surface area contributed by atoms with Gasteiger partial charge in [-0.15, -0.1) is 0 Å². The van der Waals surface area contributed by atoms with Gasteiger partial charge in [0, 0.05) is 26.2 Å². The quantitative estimate of drug-likeness (QED) is 0.360. The number of hydrogen-bond donors (Lipinski definition) is 3. The normalized spacial score (nSPS) is 32.2. The fourth-order valence-corrected chi connectivity index (χ4v) is 4.64. The van der Waals surface area contributed by atoms with E-state index >= 15 is 0 Å². The summed E-state index contributed by atoms with van der Waals surface area (Å²) in [6.45, 7) is 0.977. The Morgan fingerprint density at radius 1 is 1.23 bits per heavy atom. The van der Waals surface area contributed by atoms with Crippen LogP contribution in [0.15, 0.2) is 12.2 Å². The Labute approximate surface area is 156 Å². The second-order valence-electron chi connectivity index (χ2n) is 7.82. The van der Waals surface area contributed by atoms with Crippen molar-refractivity contribution < 1.29 is 29.6 Å². The smallest absolute Gasteiger partial charge is 0.329 e. The lowest BCUT2D eigenvalue weighted by Crippen LogP contribution is -2.18. The van der Waals surface area contributed by atoms with E-state index in [1.54, 1.807) is 7.11 Å². The maximum absolute atomic E-state index is 10.5. The number of ether oxygens (including phenoxy) is 2. The molecule has 0 aromatic heterocycles. The van der Waals surface area contributed by atoms with Gasteiger partial charge in [0.2, 0.25) is 0 Å². The van der Waals surface area contributed by atoms with Crippen LogP contribution in [0.5, 0.6) is 0 Å². The summed E-state index contributed by atoms with van der Waals surface area (Å²) in [5, 5.41) is 29.1. The molecule has 0 aromatic rings. The van der Waals surface area contributed by atoms with Crippen LogP contribution < -0.4 is 0 Å². The van der Waals surface area contributed by atoms with Crippen molar-refractivity contribution in [1.82, 2.24) is 0 Å². The molecule has 2 unspecified atom stereocenters. The predicted molar refractivity (Wildman–Crippen MR) is 97.8 cm³/mol. The minimum Gasteiger partial charge on any atom is -0.480 e. The average Bonchev–Trinajstić information content (AvgIpc) is 3.10. The molecule has 0 bridgehead atoms. The van der Waals surface area contributed by atoms with Crippen LogP contribution in [0.4, 0.5) is 0 Å². The molecule has 2 aliphatic rings. The molecule has 0 saturated heterocycles. The molecule has 0 radical (unpaired) electrons. The monoisotopic (exact) mass is 370 g/mol. The third-order valence-electron chi connectivity index (χ3n) is 5.88. The topological polar surface area (TPSA) is 96.2 Å². The number of fused-ring (bicyclic) bond motifs is 1. The highest BCUT2D eigenvalue weighted by Crippen LogP contribution is 2.51. The minimum atomic E-state index is -0.928. The summed E-state index contributed by atoms with van der Waals surface area (Å²) in [5.41, 5.74) is 0. The number of carboxylic acid groups (broad SMARTS) is 1. The first-order valence-corrected chi connectivity index (χ1v) is 9.84. The number of carboxylic acids is 1. The van der Waals surface area contributed by atoms with Gasteiger partial charge in [0.05, 0.1) is 12.2 Å². The number of methoxy groups -OCH3 is 1. The molecule has 0 spiro atoms. The van der Waals surface area contributed by atoms with Crippen molar-refractivity contribution in [3.05, 3.63) is 12.2 Å². The first-order valence-electron chi connectivity index (χ1n) is 9.84. The van der Waals surface area contributed by atoms with Gasteiger partial charge in [0.15, 0.2) is 0 Å². The average molecular weight is 370 g/mol. The zero-order valence-electron chi connectivity index (χ0n) is 15.8. The standard InChI is InChI=1S/C20H34O6/c1-25-8-3-2-4-16(21)5-6-17-18-11-14(7-9-26-13-20(23)24)10-15(18)12-19(17)22/h5-6,14-19,21-22H,2-4,7-13H2,1H3,(H,23,24)/t14?,15-,16?,17-,18+,19-/m0/s1. The number of rotatable bonds is 12. The van der Waals surface area contributed by atoms with Gasteiger partial charge in [0.25, 0.3) is 0 Å². The molecule has 2 fully saturated rings. The van der Waals surface area contributed by atoms with E-state index in [0.717, 1.165) is 51.6 Å². The molecular formula is C20H34O6. The van der Waals surface area contributed by atoms with Gasteiger partial charge in [-0.05, 0) is 62.7 Å². The molecule has 6 nitrogen and oxygen atoms in total. The van der Waals surface area contributed by atoms with Crippen LogP contribution >= 0.6 is 0 Å². The van der Waals surface area contributed by atoms with E-state index in [1.165, 1.54) is 0 Å². The van der Waals surface area contributed by atoms with Gasteiger partial charge in [-0.2, -0.15) is 0 Å². The van der Waals surface area contributed by atoms with Crippen molar-refractivity contribution >= 4 is 5.97 Å². The summed E-state index contributed by atoms with van der Waals surface area (Å²) in [4.78, 5) is 10.5. The number of hydrogen-bond acceptors (Lipinski definition) is 5. The summed E-state index contributed by atoms with van der Waals surface area (Å²) in [5.74, 6) is 0.733. The van der Waals surface area contributed by atoms with Crippen molar-refractivity contribution in [3.63, 3.8) is 0 Å². The second kappa shape index (κ2) is 11.0. The summed E-state index contributed by atoms with van der Waals surface area (Å²) in [7, 11) is 1.68. The van der Waals surface area contributed by atoms with Crippen LogP contribution in [0.1, 0.15) is 44.9 Å². The van der Waals surface area contributed by atoms with Crippen molar-refractivity contribution in [2.45, 2.75) is 57.2 Å². The number of carbonyl (C=O) groups is 1. The van der Waals surface area contributed by atoms with E-state index in [1.807, 2.05) is 12.2 Å².